The van der Waals surface area contributed by atoms with Crippen LogP contribution in [0.15, 0.2) is 42.7 Å². The number of benzene rings is 1. The van der Waals surface area contributed by atoms with E-state index in [0.29, 0.717) is 18.7 Å². The summed E-state index contributed by atoms with van der Waals surface area (Å²) in [7, 11) is 0. The first-order valence-corrected chi connectivity index (χ1v) is 10.6. The van der Waals surface area contributed by atoms with E-state index in [2.05, 4.69) is 15.3 Å². The quantitative estimate of drug-likeness (QED) is 0.623. The van der Waals surface area contributed by atoms with Crippen molar-refractivity contribution in [3.63, 3.8) is 0 Å². The van der Waals surface area contributed by atoms with E-state index >= 15 is 0 Å². The van der Waals surface area contributed by atoms with Crippen LogP contribution in [0.4, 0.5) is 8.78 Å². The standard InChI is InChI=1S/C22H22F2N6O2/c23-22(24)11-17(12-29-13-19(26-27-29)21(32)28-8-1-2-9-28)30(14-22)20(31)16-5-6-18-15(10-16)4-3-7-25-18/h3-7,10,13,17H,1-2,8-9,11-12,14H2/t17-/m0/s1. The third kappa shape index (κ3) is 3.92. The molecule has 0 aliphatic carbocycles. The van der Waals surface area contributed by atoms with Crippen LogP contribution in [-0.2, 0) is 6.54 Å². The van der Waals surface area contributed by atoms with Gasteiger partial charge < -0.3 is 9.80 Å². The molecule has 2 aromatic heterocycles. The van der Waals surface area contributed by atoms with Crippen molar-refractivity contribution in [3.05, 3.63) is 54.0 Å². The molecular formula is C22H22F2N6O2. The molecule has 166 valence electrons. The van der Waals surface area contributed by atoms with E-state index in [-0.39, 0.29) is 18.1 Å². The molecule has 10 heteroatoms. The summed E-state index contributed by atoms with van der Waals surface area (Å²) in [5.41, 5.74) is 1.25. The molecule has 0 radical (unpaired) electrons. The number of pyridine rings is 1. The van der Waals surface area contributed by atoms with Gasteiger partial charge in [0.05, 0.1) is 30.8 Å². The van der Waals surface area contributed by atoms with Gasteiger partial charge in [-0.15, -0.1) is 5.10 Å². The zero-order valence-electron chi connectivity index (χ0n) is 17.3. The fourth-order valence-electron chi connectivity index (χ4n) is 4.46. The van der Waals surface area contributed by atoms with E-state index in [9.17, 15) is 18.4 Å². The van der Waals surface area contributed by atoms with Crippen LogP contribution >= 0.6 is 0 Å². The highest BCUT2D eigenvalue weighted by Gasteiger charge is 2.47. The topological polar surface area (TPSA) is 84.2 Å². The molecule has 1 atom stereocenters. The van der Waals surface area contributed by atoms with Crippen LogP contribution in [-0.4, -0.2) is 73.2 Å². The van der Waals surface area contributed by atoms with Crippen LogP contribution in [0.25, 0.3) is 10.9 Å². The minimum Gasteiger partial charge on any atom is -0.337 e. The molecule has 2 aliphatic rings. The van der Waals surface area contributed by atoms with Crippen LogP contribution in [0.5, 0.6) is 0 Å². The Morgan fingerprint density at radius 1 is 1.12 bits per heavy atom. The number of aromatic nitrogens is 4. The number of hydrogen-bond donors (Lipinski definition) is 0. The minimum atomic E-state index is -2.99. The second-order valence-electron chi connectivity index (χ2n) is 8.38. The molecular weight excluding hydrogens is 418 g/mol. The first-order valence-electron chi connectivity index (χ1n) is 10.6. The lowest BCUT2D eigenvalue weighted by Gasteiger charge is -2.24. The van der Waals surface area contributed by atoms with Gasteiger partial charge in [-0.25, -0.2) is 13.5 Å². The lowest BCUT2D eigenvalue weighted by molar-refractivity contribution is 0.0117. The summed E-state index contributed by atoms with van der Waals surface area (Å²) in [5, 5.41) is 8.65. The third-order valence-corrected chi connectivity index (χ3v) is 6.04. The van der Waals surface area contributed by atoms with Gasteiger partial charge >= 0.3 is 0 Å². The molecule has 3 aromatic rings. The Balaban J connectivity index is 1.35. The van der Waals surface area contributed by atoms with Crippen molar-refractivity contribution in [2.24, 2.45) is 0 Å². The first-order chi connectivity index (χ1) is 15.4. The highest BCUT2D eigenvalue weighted by atomic mass is 19.3. The Morgan fingerprint density at radius 2 is 1.94 bits per heavy atom. The van der Waals surface area contributed by atoms with Gasteiger partial charge in [0.1, 0.15) is 0 Å². The van der Waals surface area contributed by atoms with Gasteiger partial charge in [-0.1, -0.05) is 11.3 Å². The fourth-order valence-corrected chi connectivity index (χ4v) is 4.46. The van der Waals surface area contributed by atoms with E-state index in [1.165, 1.54) is 15.8 Å². The highest BCUT2D eigenvalue weighted by Crippen LogP contribution is 2.34. The Hall–Kier alpha value is -3.43. The molecule has 0 N–H and O–H groups in total. The average Bonchev–Trinajstić information content (AvgIpc) is 3.53. The lowest BCUT2D eigenvalue weighted by Crippen LogP contribution is -2.38. The zero-order valence-corrected chi connectivity index (χ0v) is 17.3. The van der Waals surface area contributed by atoms with Gasteiger partial charge in [0.2, 0.25) is 0 Å². The van der Waals surface area contributed by atoms with Crippen molar-refractivity contribution in [2.45, 2.75) is 37.8 Å². The maximum Gasteiger partial charge on any atom is 0.276 e. The predicted octanol–water partition coefficient (Wildman–Crippen LogP) is 2.61. The first kappa shape index (κ1) is 20.5. The molecule has 0 bridgehead atoms. The number of rotatable bonds is 4. The maximum atomic E-state index is 14.3. The zero-order chi connectivity index (χ0) is 22.3. The molecule has 5 rings (SSSR count). The normalized spacial score (nSPS) is 20.2. The van der Waals surface area contributed by atoms with Crippen molar-refractivity contribution in [1.29, 1.82) is 0 Å². The Morgan fingerprint density at radius 3 is 2.75 bits per heavy atom. The summed E-state index contributed by atoms with van der Waals surface area (Å²) in [6.45, 7) is 0.751. The van der Waals surface area contributed by atoms with Crippen molar-refractivity contribution >= 4 is 22.7 Å². The molecule has 0 spiro atoms. The van der Waals surface area contributed by atoms with E-state index in [4.69, 9.17) is 0 Å². The second-order valence-corrected chi connectivity index (χ2v) is 8.38. The number of amides is 2. The molecule has 0 saturated carbocycles. The number of halogens is 2. The molecule has 0 unspecified atom stereocenters. The third-order valence-electron chi connectivity index (χ3n) is 6.04. The van der Waals surface area contributed by atoms with Crippen molar-refractivity contribution in [3.8, 4) is 0 Å². The smallest absolute Gasteiger partial charge is 0.276 e. The van der Waals surface area contributed by atoms with E-state index < -0.39 is 30.8 Å². The van der Waals surface area contributed by atoms with E-state index in [0.717, 1.165) is 23.7 Å². The van der Waals surface area contributed by atoms with Crippen LogP contribution in [0.1, 0.15) is 40.1 Å². The van der Waals surface area contributed by atoms with Gasteiger partial charge in [-0.05, 0) is 37.1 Å². The Bertz CT molecular complexity index is 1170. The SMILES string of the molecule is O=C(c1cn(C[C@@H]2CC(F)(F)CN2C(=O)c2ccc3ncccc3c2)nn1)N1CCCC1. The van der Waals surface area contributed by atoms with Crippen LogP contribution in [0, 0.1) is 0 Å². The minimum absolute atomic E-state index is 0.0384. The molecule has 1 aromatic carbocycles. The number of fused-ring (bicyclic) bond motifs is 1. The van der Waals surface area contributed by atoms with Crippen LogP contribution in [0.3, 0.4) is 0 Å². The lowest BCUT2D eigenvalue weighted by atomic mass is 10.1. The van der Waals surface area contributed by atoms with Crippen LogP contribution in [0.2, 0.25) is 0 Å². The maximum absolute atomic E-state index is 14.3. The summed E-state index contributed by atoms with van der Waals surface area (Å²) in [4.78, 5) is 32.7. The van der Waals surface area contributed by atoms with E-state index in [1.54, 1.807) is 35.4 Å². The number of hydrogen-bond acceptors (Lipinski definition) is 5. The molecule has 2 saturated heterocycles. The summed E-state index contributed by atoms with van der Waals surface area (Å²) in [5.74, 6) is -3.66. The van der Waals surface area contributed by atoms with Crippen LogP contribution < -0.4 is 0 Å². The number of likely N-dealkylation sites (tertiary alicyclic amines) is 2. The second kappa shape index (κ2) is 7.92. The van der Waals surface area contributed by atoms with Gasteiger partial charge in [-0.3, -0.25) is 14.6 Å². The number of alkyl halides is 2. The van der Waals surface area contributed by atoms with Gasteiger partial charge in [-0.2, -0.15) is 0 Å². The van der Waals surface area contributed by atoms with Crippen molar-refractivity contribution in [1.82, 2.24) is 29.8 Å². The van der Waals surface area contributed by atoms with Gasteiger partial charge in [0.15, 0.2) is 5.69 Å². The van der Waals surface area contributed by atoms with Gasteiger partial charge in [0, 0.05) is 36.7 Å². The number of nitrogens with zero attached hydrogens (tertiary/aromatic N) is 6. The Kier molecular flexibility index (Phi) is 5.07. The van der Waals surface area contributed by atoms with E-state index in [1.807, 2.05) is 6.07 Å². The average molecular weight is 440 g/mol. The number of carbonyl (C=O) groups excluding carboxylic acids is 2. The molecule has 32 heavy (non-hydrogen) atoms. The summed E-state index contributed by atoms with van der Waals surface area (Å²) in [6.07, 6.45) is 4.57. The molecule has 4 heterocycles. The fraction of sp³-hybridized carbons (Fsp3) is 0.409. The summed E-state index contributed by atoms with van der Waals surface area (Å²) < 4.78 is 30.0. The highest BCUT2D eigenvalue weighted by molar-refractivity contribution is 5.98. The number of carbonyl (C=O) groups is 2. The summed E-state index contributed by atoms with van der Waals surface area (Å²) in [6, 6.07) is 7.80. The molecule has 8 nitrogen and oxygen atoms in total. The molecule has 2 fully saturated rings. The Labute approximate surface area is 182 Å². The van der Waals surface area contributed by atoms with Gasteiger partial charge in [0.25, 0.3) is 17.7 Å². The van der Waals surface area contributed by atoms with Crippen molar-refractivity contribution in [2.75, 3.05) is 19.6 Å². The summed E-state index contributed by atoms with van der Waals surface area (Å²) >= 11 is 0. The largest absolute Gasteiger partial charge is 0.337 e. The predicted molar refractivity (Wildman–Crippen MR) is 111 cm³/mol. The molecule has 2 amide bonds. The molecule has 2 aliphatic heterocycles. The monoisotopic (exact) mass is 440 g/mol. The van der Waals surface area contributed by atoms with Crippen molar-refractivity contribution < 1.29 is 18.4 Å².